The number of hydrogen-bond acceptors (Lipinski definition) is 0. The van der Waals surface area contributed by atoms with Gasteiger partial charge in [-0.1, -0.05) is 61.0 Å². The normalized spacial score (nSPS) is 14.1. The zero-order chi connectivity index (χ0) is 13.6. The van der Waals surface area contributed by atoms with Gasteiger partial charge in [-0.15, -0.1) is 0 Å². The molecule has 0 bridgehead atoms. The average Bonchev–Trinajstić information content (AvgIpc) is 2.74. The van der Waals surface area contributed by atoms with Crippen LogP contribution in [-0.4, -0.2) is 4.98 Å². The summed E-state index contributed by atoms with van der Waals surface area (Å²) in [6, 6.07) is 15.2. The highest BCUT2D eigenvalue weighted by Crippen LogP contribution is 2.41. The highest BCUT2D eigenvalue weighted by atomic mass is 79.9. The third-order valence-electron chi connectivity index (χ3n) is 3.58. The Labute approximate surface area is 122 Å². The van der Waals surface area contributed by atoms with Crippen LogP contribution in [0.1, 0.15) is 31.2 Å². The van der Waals surface area contributed by atoms with Crippen LogP contribution in [0.15, 0.2) is 42.5 Å². The molecule has 3 rings (SSSR count). The van der Waals surface area contributed by atoms with Gasteiger partial charge < -0.3 is 4.98 Å². The monoisotopic (exact) mass is 315 g/mol. The quantitative estimate of drug-likeness (QED) is 0.546. The third kappa shape index (κ3) is 2.18. The van der Waals surface area contributed by atoms with Crippen molar-refractivity contribution in [1.29, 1.82) is 0 Å². The third-order valence-corrected chi connectivity index (χ3v) is 5.49. The molecule has 1 unspecified atom stereocenters. The summed E-state index contributed by atoms with van der Waals surface area (Å²) in [5.41, 5.74) is 3.96. The number of alkyl halides is 1. The number of fused-ring (bicyclic) bond motifs is 3. The predicted molar refractivity (Wildman–Crippen MR) is 86.9 cm³/mol. The average molecular weight is 316 g/mol. The van der Waals surface area contributed by atoms with E-state index in [-0.39, 0.29) is 5.41 Å². The molecule has 0 spiro atoms. The van der Waals surface area contributed by atoms with Crippen LogP contribution >= 0.6 is 15.9 Å². The lowest BCUT2D eigenvalue weighted by Crippen LogP contribution is -2.12. The molecule has 2 heteroatoms. The van der Waals surface area contributed by atoms with Gasteiger partial charge in [-0.2, -0.15) is 0 Å². The van der Waals surface area contributed by atoms with Crippen LogP contribution in [0.4, 0.5) is 0 Å². The van der Waals surface area contributed by atoms with Gasteiger partial charge in [0.15, 0.2) is 0 Å². The van der Waals surface area contributed by atoms with Crippen molar-refractivity contribution in [2.75, 3.05) is 0 Å². The molecule has 1 nitrogen and oxygen atoms in total. The largest absolute Gasteiger partial charge is 0.355 e. The van der Waals surface area contributed by atoms with Crippen molar-refractivity contribution in [3.8, 4) is 0 Å². The molecule has 0 saturated carbocycles. The van der Waals surface area contributed by atoms with Crippen molar-refractivity contribution in [1.82, 2.24) is 4.98 Å². The molecule has 2 aromatic carbocycles. The molecule has 0 aliphatic carbocycles. The lowest BCUT2D eigenvalue weighted by Gasteiger charge is -2.26. The SMILES string of the molecule is CC(C)(C)C(Br)c1ccc2[nH]c3ccccc3c2c1. The molecule has 1 N–H and O–H groups in total. The summed E-state index contributed by atoms with van der Waals surface area (Å²) in [6.07, 6.45) is 0. The zero-order valence-electron chi connectivity index (χ0n) is 11.5. The van der Waals surface area contributed by atoms with Gasteiger partial charge >= 0.3 is 0 Å². The first-order valence-electron chi connectivity index (χ1n) is 6.61. The zero-order valence-corrected chi connectivity index (χ0v) is 13.1. The molecule has 1 aromatic heterocycles. The molecule has 0 fully saturated rings. The molecular weight excluding hydrogens is 298 g/mol. The highest BCUT2D eigenvalue weighted by Gasteiger charge is 2.23. The first-order valence-corrected chi connectivity index (χ1v) is 7.53. The van der Waals surface area contributed by atoms with Gasteiger partial charge in [-0.3, -0.25) is 0 Å². The van der Waals surface area contributed by atoms with Crippen LogP contribution in [0.3, 0.4) is 0 Å². The summed E-state index contributed by atoms with van der Waals surface area (Å²) in [7, 11) is 0. The summed E-state index contributed by atoms with van der Waals surface area (Å²) in [5.74, 6) is 0. The van der Waals surface area contributed by atoms with E-state index in [0.717, 1.165) is 0 Å². The van der Waals surface area contributed by atoms with E-state index in [0.29, 0.717) is 4.83 Å². The van der Waals surface area contributed by atoms with Crippen LogP contribution in [-0.2, 0) is 0 Å². The van der Waals surface area contributed by atoms with Gasteiger partial charge in [0.25, 0.3) is 0 Å². The molecule has 98 valence electrons. The predicted octanol–water partition coefficient (Wildman–Crippen LogP) is 5.80. The molecule has 1 atom stereocenters. The number of halogens is 1. The van der Waals surface area contributed by atoms with Gasteiger partial charge in [0.1, 0.15) is 0 Å². The van der Waals surface area contributed by atoms with Crippen LogP contribution in [0.2, 0.25) is 0 Å². The molecular formula is C17H18BrN. The van der Waals surface area contributed by atoms with E-state index in [4.69, 9.17) is 0 Å². The first kappa shape index (κ1) is 12.7. The van der Waals surface area contributed by atoms with Crippen molar-refractivity contribution < 1.29 is 0 Å². The number of hydrogen-bond donors (Lipinski definition) is 1. The second kappa shape index (κ2) is 4.38. The molecule has 0 saturated heterocycles. The van der Waals surface area contributed by atoms with Crippen LogP contribution in [0, 0.1) is 5.41 Å². The Morgan fingerprint density at radius 2 is 1.63 bits per heavy atom. The summed E-state index contributed by atoms with van der Waals surface area (Å²) in [6.45, 7) is 6.77. The number of aromatic amines is 1. The second-order valence-electron chi connectivity index (χ2n) is 6.20. The maximum absolute atomic E-state index is 3.83. The fourth-order valence-electron chi connectivity index (χ4n) is 2.52. The van der Waals surface area contributed by atoms with Crippen molar-refractivity contribution >= 4 is 37.7 Å². The number of benzene rings is 2. The summed E-state index contributed by atoms with van der Waals surface area (Å²) < 4.78 is 0. The Kier molecular flexibility index (Phi) is 2.94. The summed E-state index contributed by atoms with van der Waals surface area (Å²) in [5, 5.41) is 2.61. The van der Waals surface area contributed by atoms with Crippen molar-refractivity contribution in [3.63, 3.8) is 0 Å². The minimum absolute atomic E-state index is 0.208. The molecule has 0 aliphatic heterocycles. The number of nitrogens with one attached hydrogen (secondary N) is 1. The van der Waals surface area contributed by atoms with Crippen LogP contribution < -0.4 is 0 Å². The van der Waals surface area contributed by atoms with E-state index >= 15 is 0 Å². The smallest absolute Gasteiger partial charge is 0.0465 e. The van der Waals surface area contributed by atoms with Gasteiger partial charge in [-0.25, -0.2) is 0 Å². The van der Waals surface area contributed by atoms with Gasteiger partial charge in [0, 0.05) is 26.6 Å². The standard InChI is InChI=1S/C17H18BrN/c1-17(2,3)16(18)11-8-9-15-13(10-11)12-6-4-5-7-14(12)19-15/h4-10,16,19H,1-3H3. The number of aromatic nitrogens is 1. The Morgan fingerprint density at radius 3 is 2.37 bits per heavy atom. The lowest BCUT2D eigenvalue weighted by atomic mass is 9.87. The lowest BCUT2D eigenvalue weighted by molar-refractivity contribution is 0.407. The second-order valence-corrected chi connectivity index (χ2v) is 7.12. The Hall–Kier alpha value is -1.28. The minimum Gasteiger partial charge on any atom is -0.355 e. The Morgan fingerprint density at radius 1 is 0.947 bits per heavy atom. The van der Waals surface area contributed by atoms with E-state index in [1.165, 1.54) is 27.4 Å². The van der Waals surface area contributed by atoms with E-state index in [1.807, 2.05) is 0 Å². The molecule has 3 aromatic rings. The maximum atomic E-state index is 3.83. The number of H-pyrrole nitrogens is 1. The van der Waals surface area contributed by atoms with E-state index in [2.05, 4.69) is 84.1 Å². The van der Waals surface area contributed by atoms with Gasteiger partial charge in [-0.05, 0) is 29.2 Å². The first-order chi connectivity index (χ1) is 8.97. The molecule has 1 heterocycles. The Balaban J connectivity index is 2.22. The number of para-hydroxylation sites is 1. The fraction of sp³-hybridized carbons (Fsp3) is 0.294. The molecule has 0 radical (unpaired) electrons. The van der Waals surface area contributed by atoms with Gasteiger partial charge in [0.2, 0.25) is 0 Å². The van der Waals surface area contributed by atoms with E-state index in [9.17, 15) is 0 Å². The van der Waals surface area contributed by atoms with Crippen molar-refractivity contribution in [2.45, 2.75) is 25.6 Å². The maximum Gasteiger partial charge on any atom is 0.0465 e. The van der Waals surface area contributed by atoms with Crippen molar-refractivity contribution in [3.05, 3.63) is 48.0 Å². The molecule has 19 heavy (non-hydrogen) atoms. The number of rotatable bonds is 1. The van der Waals surface area contributed by atoms with E-state index < -0.39 is 0 Å². The highest BCUT2D eigenvalue weighted by molar-refractivity contribution is 9.09. The van der Waals surface area contributed by atoms with Crippen molar-refractivity contribution in [2.24, 2.45) is 5.41 Å². The van der Waals surface area contributed by atoms with Crippen LogP contribution in [0.5, 0.6) is 0 Å². The topological polar surface area (TPSA) is 15.8 Å². The van der Waals surface area contributed by atoms with Crippen LogP contribution in [0.25, 0.3) is 21.8 Å². The van der Waals surface area contributed by atoms with Gasteiger partial charge in [0.05, 0.1) is 0 Å². The Bertz CT molecular complexity index is 734. The minimum atomic E-state index is 0.208. The fourth-order valence-corrected chi connectivity index (χ4v) is 2.81. The molecule has 0 aliphatic rings. The summed E-state index contributed by atoms with van der Waals surface area (Å²) >= 11 is 3.83. The summed E-state index contributed by atoms with van der Waals surface area (Å²) in [4.78, 5) is 3.83. The molecule has 0 amide bonds. The van der Waals surface area contributed by atoms with E-state index in [1.54, 1.807) is 0 Å².